The molecule has 4 nitrogen and oxygen atoms in total. The van der Waals surface area contributed by atoms with Crippen molar-refractivity contribution in [3.05, 3.63) is 18.2 Å². The van der Waals surface area contributed by atoms with Crippen LogP contribution in [-0.4, -0.2) is 15.4 Å². The molecule has 3 N–H and O–H groups in total. The number of imidazole rings is 1. The van der Waals surface area contributed by atoms with E-state index in [2.05, 4.69) is 16.5 Å². The van der Waals surface area contributed by atoms with Crippen molar-refractivity contribution in [2.24, 2.45) is 5.73 Å². The lowest BCUT2D eigenvalue weighted by Gasteiger charge is -2.17. The molecule has 1 rings (SSSR count). The molecule has 0 radical (unpaired) electrons. The maximum Gasteiger partial charge on any atom is 0.105 e. The van der Waals surface area contributed by atoms with Crippen LogP contribution < -0.4 is 5.73 Å². The van der Waals surface area contributed by atoms with E-state index in [1.807, 2.05) is 13.1 Å². The highest BCUT2D eigenvalue weighted by Crippen LogP contribution is 2.16. The third-order valence-corrected chi connectivity index (χ3v) is 2.18. The second-order valence-electron chi connectivity index (χ2n) is 3.17. The minimum absolute atomic E-state index is 0.236. The van der Waals surface area contributed by atoms with E-state index >= 15 is 0 Å². The van der Waals surface area contributed by atoms with Gasteiger partial charge in [-0.1, -0.05) is 6.92 Å². The molecular weight excluding hydrogens is 164 g/mol. The van der Waals surface area contributed by atoms with Gasteiger partial charge in [0.2, 0.25) is 0 Å². The van der Waals surface area contributed by atoms with E-state index in [0.29, 0.717) is 6.42 Å². The fraction of sp³-hybridized carbons (Fsp3) is 0.556. The largest absolute Gasteiger partial charge is 0.388 e. The predicted molar refractivity (Wildman–Crippen MR) is 52.8 cm³/mol. The summed E-state index contributed by atoms with van der Waals surface area (Å²) in [6.07, 6.45) is 5.29. The molecule has 1 heterocycles. The molecule has 0 aliphatic heterocycles. The SMILES string of the molecule is CCC(CC(=N)N)n1ccnc1C. The Morgan fingerprint density at radius 2 is 2.46 bits per heavy atom. The van der Waals surface area contributed by atoms with Crippen molar-refractivity contribution in [2.45, 2.75) is 32.7 Å². The van der Waals surface area contributed by atoms with Gasteiger partial charge in [0.1, 0.15) is 5.82 Å². The average Bonchev–Trinajstić information content (AvgIpc) is 2.47. The van der Waals surface area contributed by atoms with E-state index < -0.39 is 0 Å². The summed E-state index contributed by atoms with van der Waals surface area (Å²) in [6, 6.07) is 0.278. The Hall–Kier alpha value is -1.32. The molecule has 1 aromatic rings. The zero-order chi connectivity index (χ0) is 9.84. The molecule has 72 valence electrons. The molecule has 0 saturated heterocycles. The van der Waals surface area contributed by atoms with Crippen molar-refractivity contribution in [2.75, 3.05) is 0 Å². The number of nitrogens with one attached hydrogen (secondary N) is 1. The quantitative estimate of drug-likeness (QED) is 0.544. The zero-order valence-electron chi connectivity index (χ0n) is 8.12. The van der Waals surface area contributed by atoms with Gasteiger partial charge in [0.25, 0.3) is 0 Å². The van der Waals surface area contributed by atoms with E-state index in [1.165, 1.54) is 0 Å². The Kier molecular flexibility index (Phi) is 3.06. The van der Waals surface area contributed by atoms with Gasteiger partial charge in [0.05, 0.1) is 5.84 Å². The van der Waals surface area contributed by atoms with Gasteiger partial charge in [-0.25, -0.2) is 4.98 Å². The first kappa shape index (κ1) is 9.77. The second-order valence-corrected chi connectivity index (χ2v) is 3.17. The fourth-order valence-electron chi connectivity index (χ4n) is 1.47. The maximum atomic E-state index is 7.25. The number of rotatable bonds is 4. The van der Waals surface area contributed by atoms with Gasteiger partial charge in [-0.05, 0) is 13.3 Å². The van der Waals surface area contributed by atoms with Crippen molar-refractivity contribution in [3.8, 4) is 0 Å². The summed E-state index contributed by atoms with van der Waals surface area (Å²) in [5.74, 6) is 1.22. The normalized spacial score (nSPS) is 12.8. The van der Waals surface area contributed by atoms with Crippen LogP contribution in [-0.2, 0) is 0 Å². The smallest absolute Gasteiger partial charge is 0.105 e. The van der Waals surface area contributed by atoms with Crippen LogP contribution in [0.2, 0.25) is 0 Å². The third-order valence-electron chi connectivity index (χ3n) is 2.18. The van der Waals surface area contributed by atoms with E-state index in [-0.39, 0.29) is 11.9 Å². The van der Waals surface area contributed by atoms with Gasteiger partial charge in [-0.2, -0.15) is 0 Å². The molecule has 13 heavy (non-hydrogen) atoms. The van der Waals surface area contributed by atoms with Crippen LogP contribution in [0.4, 0.5) is 0 Å². The number of aromatic nitrogens is 2. The summed E-state index contributed by atoms with van der Waals surface area (Å²) >= 11 is 0. The molecular formula is C9H16N4. The highest BCUT2D eigenvalue weighted by atomic mass is 15.1. The van der Waals surface area contributed by atoms with Crippen LogP contribution in [0.25, 0.3) is 0 Å². The van der Waals surface area contributed by atoms with Gasteiger partial charge >= 0.3 is 0 Å². The summed E-state index contributed by atoms with van der Waals surface area (Å²) in [4.78, 5) is 4.14. The molecule has 0 fully saturated rings. The molecule has 0 aliphatic rings. The highest BCUT2D eigenvalue weighted by molar-refractivity contribution is 5.77. The number of aryl methyl sites for hydroxylation is 1. The summed E-state index contributed by atoms with van der Waals surface area (Å²) in [5, 5.41) is 7.25. The van der Waals surface area contributed by atoms with E-state index in [1.54, 1.807) is 6.20 Å². The molecule has 0 saturated carbocycles. The van der Waals surface area contributed by atoms with Gasteiger partial charge in [-0.3, -0.25) is 5.41 Å². The maximum absolute atomic E-state index is 7.25. The van der Waals surface area contributed by atoms with Gasteiger partial charge in [-0.15, -0.1) is 0 Å². The number of nitrogens with zero attached hydrogens (tertiary/aromatic N) is 2. The first-order chi connectivity index (χ1) is 6.15. The lowest BCUT2D eigenvalue weighted by atomic mass is 10.1. The van der Waals surface area contributed by atoms with Gasteiger partial charge in [0, 0.05) is 24.9 Å². The molecule has 0 spiro atoms. The average molecular weight is 180 g/mol. The Bertz CT molecular complexity index is 290. The van der Waals surface area contributed by atoms with Crippen LogP contribution in [0.3, 0.4) is 0 Å². The van der Waals surface area contributed by atoms with Crippen molar-refractivity contribution in [1.29, 1.82) is 5.41 Å². The molecule has 0 bridgehead atoms. The zero-order valence-corrected chi connectivity index (χ0v) is 8.12. The summed E-state index contributed by atoms with van der Waals surface area (Å²) < 4.78 is 2.07. The number of hydrogen-bond donors (Lipinski definition) is 2. The van der Waals surface area contributed by atoms with Gasteiger partial charge < -0.3 is 10.3 Å². The van der Waals surface area contributed by atoms with E-state index in [9.17, 15) is 0 Å². The minimum atomic E-state index is 0.236. The Morgan fingerprint density at radius 3 is 2.85 bits per heavy atom. The number of hydrogen-bond acceptors (Lipinski definition) is 2. The standard InChI is InChI=1S/C9H16N4/c1-3-8(6-9(10)11)13-5-4-12-7(13)2/h4-5,8H,3,6H2,1-2H3,(H3,10,11). The fourth-order valence-corrected chi connectivity index (χ4v) is 1.47. The Labute approximate surface area is 78.3 Å². The Morgan fingerprint density at radius 1 is 1.77 bits per heavy atom. The van der Waals surface area contributed by atoms with Gasteiger partial charge in [0.15, 0.2) is 0 Å². The minimum Gasteiger partial charge on any atom is -0.388 e. The monoisotopic (exact) mass is 180 g/mol. The lowest BCUT2D eigenvalue weighted by molar-refractivity contribution is 0.489. The van der Waals surface area contributed by atoms with Crippen LogP contribution in [0.15, 0.2) is 12.4 Å². The number of amidine groups is 1. The predicted octanol–water partition coefficient (Wildman–Crippen LogP) is 1.47. The molecule has 1 unspecified atom stereocenters. The lowest BCUT2D eigenvalue weighted by Crippen LogP contribution is -2.18. The molecule has 4 heteroatoms. The first-order valence-electron chi connectivity index (χ1n) is 4.47. The van der Waals surface area contributed by atoms with Crippen molar-refractivity contribution < 1.29 is 0 Å². The van der Waals surface area contributed by atoms with Crippen LogP contribution in [0.5, 0.6) is 0 Å². The van der Waals surface area contributed by atoms with E-state index in [0.717, 1.165) is 12.2 Å². The summed E-state index contributed by atoms with van der Waals surface area (Å²) in [7, 11) is 0. The van der Waals surface area contributed by atoms with Crippen molar-refractivity contribution >= 4 is 5.84 Å². The van der Waals surface area contributed by atoms with Crippen LogP contribution in [0, 0.1) is 12.3 Å². The molecule has 0 amide bonds. The molecule has 0 aliphatic carbocycles. The number of nitrogens with two attached hydrogens (primary N) is 1. The molecule has 1 atom stereocenters. The first-order valence-corrected chi connectivity index (χ1v) is 4.47. The second kappa shape index (κ2) is 4.07. The van der Waals surface area contributed by atoms with Crippen molar-refractivity contribution in [3.63, 3.8) is 0 Å². The van der Waals surface area contributed by atoms with Crippen LogP contribution >= 0.6 is 0 Å². The topological polar surface area (TPSA) is 67.7 Å². The molecule has 1 aromatic heterocycles. The highest BCUT2D eigenvalue weighted by Gasteiger charge is 2.11. The third kappa shape index (κ3) is 2.31. The van der Waals surface area contributed by atoms with Crippen LogP contribution in [0.1, 0.15) is 31.6 Å². The summed E-state index contributed by atoms with van der Waals surface area (Å²) in [6.45, 7) is 4.05. The van der Waals surface area contributed by atoms with E-state index in [4.69, 9.17) is 11.1 Å². The molecule has 0 aromatic carbocycles. The summed E-state index contributed by atoms with van der Waals surface area (Å²) in [5.41, 5.74) is 5.37. The Balaban J connectivity index is 2.78. The van der Waals surface area contributed by atoms with Crippen molar-refractivity contribution in [1.82, 2.24) is 9.55 Å².